The number of fused-ring (bicyclic) bond motifs is 4. The molecule has 0 amide bonds. The standard InChI is InChI=1S/C21H18ClN5/c1-27-14-6-7-17(27)18-15(8-14)16(9-23)20(26)21(10-24,11-25)19(18)12-2-4-13(22)5-3-12/h2-5,8,14,16-19,26H,6-7H2,1H3/p+1/t14-,16?,17+,18-,19-/m0/s1. The SMILES string of the molecule is C[NH+]1[C@@H]2C=C3C(C#N)C(=N)C(C#N)(C#N)[C@@H](c4ccc(Cl)cc4)[C@@H]3[C@H]1CC2. The number of quaternary nitrogens is 1. The number of hydrogen-bond acceptors (Lipinski definition) is 4. The highest BCUT2D eigenvalue weighted by molar-refractivity contribution is 6.30. The molecule has 2 unspecified atom stereocenters. The summed E-state index contributed by atoms with van der Waals surface area (Å²) in [6, 6.07) is 14.3. The van der Waals surface area contributed by atoms with Gasteiger partial charge in [0, 0.05) is 29.7 Å². The number of hydrogen-bond donors (Lipinski definition) is 2. The van der Waals surface area contributed by atoms with Gasteiger partial charge < -0.3 is 10.3 Å². The maximum Gasteiger partial charge on any atom is 0.189 e. The van der Waals surface area contributed by atoms with Crippen LogP contribution in [0.15, 0.2) is 35.9 Å². The van der Waals surface area contributed by atoms with Crippen LogP contribution < -0.4 is 4.90 Å². The number of likely N-dealkylation sites (N-methyl/N-ethyl adjacent to an activating group) is 1. The number of benzene rings is 1. The molecule has 6 heteroatoms. The Balaban J connectivity index is 1.99. The molecule has 134 valence electrons. The fourth-order valence-electron chi connectivity index (χ4n) is 5.44. The highest BCUT2D eigenvalue weighted by atomic mass is 35.5. The lowest BCUT2D eigenvalue weighted by molar-refractivity contribution is -0.916. The van der Waals surface area contributed by atoms with E-state index >= 15 is 0 Å². The van der Waals surface area contributed by atoms with Crippen LogP contribution in [0.5, 0.6) is 0 Å². The Labute approximate surface area is 163 Å². The van der Waals surface area contributed by atoms with E-state index in [4.69, 9.17) is 17.0 Å². The molecular weight excluding hydrogens is 358 g/mol. The number of nitrogens with one attached hydrogen (secondary N) is 2. The maximum absolute atomic E-state index is 10.1. The third kappa shape index (κ3) is 2.28. The van der Waals surface area contributed by atoms with Crippen LogP contribution in [-0.2, 0) is 0 Å². The van der Waals surface area contributed by atoms with Gasteiger partial charge in [-0.05, 0) is 29.3 Å². The molecule has 1 aromatic rings. The average molecular weight is 377 g/mol. The fraction of sp³-hybridized carbons (Fsp3) is 0.429. The van der Waals surface area contributed by atoms with Gasteiger partial charge in [-0.25, -0.2) is 0 Å². The maximum atomic E-state index is 10.1. The van der Waals surface area contributed by atoms with Crippen molar-refractivity contribution in [1.82, 2.24) is 0 Å². The van der Waals surface area contributed by atoms with E-state index in [1.54, 1.807) is 12.1 Å². The Bertz CT molecular complexity index is 944. The van der Waals surface area contributed by atoms with Gasteiger partial charge in [0.15, 0.2) is 5.41 Å². The molecule has 5 nitrogen and oxygen atoms in total. The van der Waals surface area contributed by atoms with E-state index < -0.39 is 17.3 Å². The molecule has 2 bridgehead atoms. The van der Waals surface area contributed by atoms with Crippen LogP contribution in [0.25, 0.3) is 0 Å². The van der Waals surface area contributed by atoms with Gasteiger partial charge >= 0.3 is 0 Å². The topological polar surface area (TPSA) is 99.7 Å². The first kappa shape index (κ1) is 17.7. The van der Waals surface area contributed by atoms with Crippen LogP contribution in [-0.4, -0.2) is 24.8 Å². The molecule has 2 aliphatic heterocycles. The van der Waals surface area contributed by atoms with E-state index in [1.807, 2.05) is 12.1 Å². The van der Waals surface area contributed by atoms with Crippen molar-refractivity contribution in [3.05, 3.63) is 46.5 Å². The average Bonchev–Trinajstić information content (AvgIpc) is 2.91. The van der Waals surface area contributed by atoms with Crippen molar-refractivity contribution in [3.8, 4) is 18.2 Å². The van der Waals surface area contributed by atoms with Crippen LogP contribution in [0, 0.1) is 56.7 Å². The van der Waals surface area contributed by atoms with E-state index in [-0.39, 0.29) is 17.7 Å². The highest BCUT2D eigenvalue weighted by Gasteiger charge is 2.62. The van der Waals surface area contributed by atoms with Gasteiger partial charge in [0.2, 0.25) is 0 Å². The Morgan fingerprint density at radius 2 is 1.81 bits per heavy atom. The molecule has 1 saturated heterocycles. The normalized spacial score (nSPS) is 36.0. The zero-order chi connectivity index (χ0) is 19.3. The third-order valence-electron chi connectivity index (χ3n) is 6.75. The predicted octanol–water partition coefficient (Wildman–Crippen LogP) is 2.23. The fourth-order valence-corrected chi connectivity index (χ4v) is 5.56. The first-order valence-electron chi connectivity index (χ1n) is 9.10. The summed E-state index contributed by atoms with van der Waals surface area (Å²) in [5.41, 5.74) is 0.0298. The molecule has 2 fully saturated rings. The second-order valence-corrected chi connectivity index (χ2v) is 8.20. The quantitative estimate of drug-likeness (QED) is 0.735. The van der Waals surface area contributed by atoms with Gasteiger partial charge in [-0.15, -0.1) is 0 Å². The Morgan fingerprint density at radius 3 is 2.41 bits per heavy atom. The van der Waals surface area contributed by atoms with Gasteiger partial charge in [-0.1, -0.05) is 23.7 Å². The van der Waals surface area contributed by atoms with E-state index in [9.17, 15) is 15.8 Å². The molecule has 0 radical (unpaired) electrons. The molecule has 0 aromatic heterocycles. The number of rotatable bonds is 1. The van der Waals surface area contributed by atoms with Gasteiger partial charge in [-0.3, -0.25) is 0 Å². The first-order valence-corrected chi connectivity index (χ1v) is 9.47. The molecule has 27 heavy (non-hydrogen) atoms. The summed E-state index contributed by atoms with van der Waals surface area (Å²) in [5.74, 6) is -1.39. The molecule has 1 aliphatic carbocycles. The lowest BCUT2D eigenvalue weighted by atomic mass is 9.53. The second-order valence-electron chi connectivity index (χ2n) is 7.76. The summed E-state index contributed by atoms with van der Waals surface area (Å²) in [6.45, 7) is 0. The molecule has 3 aliphatic rings. The van der Waals surface area contributed by atoms with Gasteiger partial charge in [0.1, 0.15) is 12.0 Å². The predicted molar refractivity (Wildman–Crippen MR) is 100.0 cm³/mol. The van der Waals surface area contributed by atoms with Crippen LogP contribution in [0.2, 0.25) is 5.02 Å². The zero-order valence-corrected chi connectivity index (χ0v) is 15.7. The van der Waals surface area contributed by atoms with Crippen LogP contribution in [0.4, 0.5) is 0 Å². The Kier molecular flexibility index (Phi) is 4.08. The first-order chi connectivity index (χ1) is 13.0. The van der Waals surface area contributed by atoms with Crippen LogP contribution in [0.3, 0.4) is 0 Å². The minimum Gasteiger partial charge on any atom is -0.329 e. The number of nitriles is 3. The molecular formula is C21H19ClN5+. The monoisotopic (exact) mass is 376 g/mol. The molecule has 2 heterocycles. The zero-order valence-electron chi connectivity index (χ0n) is 14.9. The molecule has 1 saturated carbocycles. The summed E-state index contributed by atoms with van der Waals surface area (Å²) < 4.78 is 0. The van der Waals surface area contributed by atoms with Crippen molar-refractivity contribution in [2.75, 3.05) is 7.05 Å². The summed E-state index contributed by atoms with van der Waals surface area (Å²) in [4.78, 5) is 1.37. The largest absolute Gasteiger partial charge is 0.329 e. The Morgan fingerprint density at radius 1 is 1.15 bits per heavy atom. The Hall–Kier alpha value is -2.65. The summed E-state index contributed by atoms with van der Waals surface area (Å²) in [6.07, 6.45) is 4.17. The molecule has 4 rings (SSSR count). The molecule has 6 atom stereocenters. The highest BCUT2D eigenvalue weighted by Crippen LogP contribution is 2.55. The van der Waals surface area contributed by atoms with Crippen molar-refractivity contribution in [2.24, 2.45) is 17.3 Å². The lowest BCUT2D eigenvalue weighted by Crippen LogP contribution is -3.15. The minimum absolute atomic E-state index is 0.0867. The second kappa shape index (κ2) is 6.21. The van der Waals surface area contributed by atoms with Crippen LogP contribution in [0.1, 0.15) is 24.3 Å². The molecule has 0 spiro atoms. The van der Waals surface area contributed by atoms with Crippen molar-refractivity contribution < 1.29 is 4.90 Å². The van der Waals surface area contributed by atoms with Crippen molar-refractivity contribution in [2.45, 2.75) is 30.8 Å². The number of halogens is 1. The molecule has 2 N–H and O–H groups in total. The third-order valence-corrected chi connectivity index (χ3v) is 7.01. The minimum atomic E-state index is -1.65. The van der Waals surface area contributed by atoms with Crippen LogP contribution >= 0.6 is 11.6 Å². The van der Waals surface area contributed by atoms with E-state index in [0.29, 0.717) is 11.1 Å². The van der Waals surface area contributed by atoms with Gasteiger partial charge in [0.05, 0.1) is 37.0 Å². The lowest BCUT2D eigenvalue weighted by Gasteiger charge is -2.48. The van der Waals surface area contributed by atoms with E-state index in [2.05, 4.69) is 31.3 Å². The van der Waals surface area contributed by atoms with Gasteiger partial charge in [-0.2, -0.15) is 15.8 Å². The summed E-state index contributed by atoms with van der Waals surface area (Å²) >= 11 is 6.06. The van der Waals surface area contributed by atoms with E-state index in [1.165, 1.54) is 4.90 Å². The van der Waals surface area contributed by atoms with Crippen molar-refractivity contribution in [3.63, 3.8) is 0 Å². The number of nitrogens with zero attached hydrogens (tertiary/aromatic N) is 3. The van der Waals surface area contributed by atoms with E-state index in [0.717, 1.165) is 24.0 Å². The molecule has 1 aromatic carbocycles. The summed E-state index contributed by atoms with van der Waals surface area (Å²) in [7, 11) is 2.15. The summed E-state index contributed by atoms with van der Waals surface area (Å²) in [5, 5.41) is 39.2. The smallest absolute Gasteiger partial charge is 0.189 e. The van der Waals surface area contributed by atoms with Crippen molar-refractivity contribution in [1.29, 1.82) is 21.2 Å². The van der Waals surface area contributed by atoms with Gasteiger partial charge in [0.25, 0.3) is 0 Å². The van der Waals surface area contributed by atoms with Crippen molar-refractivity contribution >= 4 is 17.3 Å².